The molecule has 0 aliphatic rings. The lowest BCUT2D eigenvalue weighted by atomic mass is 10.1. The molecule has 0 radical (unpaired) electrons. The maximum Gasteiger partial charge on any atom is 0.248 e. The first kappa shape index (κ1) is 13.7. The third-order valence-corrected chi connectivity index (χ3v) is 3.75. The molecule has 1 aromatic carbocycles. The van der Waals surface area contributed by atoms with E-state index >= 15 is 0 Å². The molecule has 3 N–H and O–H groups in total. The molecule has 92 valence electrons. The number of primary amides is 1. The minimum absolute atomic E-state index is 0.105. The van der Waals surface area contributed by atoms with E-state index in [4.69, 9.17) is 5.73 Å². The molecule has 0 fully saturated rings. The van der Waals surface area contributed by atoms with Gasteiger partial charge < -0.3 is 11.1 Å². The predicted octanol–water partition coefficient (Wildman–Crippen LogP) is 2.14. The number of hydrogen-bond acceptors (Lipinski definition) is 2. The van der Waals surface area contributed by atoms with Gasteiger partial charge in [0.2, 0.25) is 11.8 Å². The molecule has 1 rings (SSSR count). The van der Waals surface area contributed by atoms with Crippen molar-refractivity contribution in [1.29, 1.82) is 0 Å². The highest BCUT2D eigenvalue weighted by Crippen LogP contribution is 2.16. The Morgan fingerprint density at radius 2 is 1.76 bits per heavy atom. The molecule has 1 aromatic rings. The monoisotopic (exact) mass is 298 g/mol. The van der Waals surface area contributed by atoms with E-state index in [9.17, 15) is 9.59 Å². The van der Waals surface area contributed by atoms with Crippen molar-refractivity contribution < 1.29 is 9.59 Å². The van der Waals surface area contributed by atoms with Gasteiger partial charge in [-0.2, -0.15) is 0 Å². The van der Waals surface area contributed by atoms with E-state index < -0.39 is 5.91 Å². The van der Waals surface area contributed by atoms with Gasteiger partial charge >= 0.3 is 0 Å². The molecule has 0 aliphatic heterocycles. The van der Waals surface area contributed by atoms with E-state index in [1.807, 2.05) is 13.8 Å². The third kappa shape index (κ3) is 3.85. The molecular weight excluding hydrogens is 284 g/mol. The van der Waals surface area contributed by atoms with Gasteiger partial charge in [0.15, 0.2) is 0 Å². The van der Waals surface area contributed by atoms with Crippen LogP contribution in [-0.4, -0.2) is 16.6 Å². The van der Waals surface area contributed by atoms with Crippen LogP contribution in [0.5, 0.6) is 0 Å². The van der Waals surface area contributed by atoms with Gasteiger partial charge in [-0.25, -0.2) is 0 Å². The fourth-order valence-corrected chi connectivity index (χ4v) is 1.35. The number of alkyl halides is 1. The highest BCUT2D eigenvalue weighted by molar-refractivity contribution is 9.10. The van der Waals surface area contributed by atoms with Crippen molar-refractivity contribution in [2.45, 2.75) is 18.7 Å². The van der Waals surface area contributed by atoms with Gasteiger partial charge in [-0.1, -0.05) is 29.8 Å². The van der Waals surface area contributed by atoms with Crippen LogP contribution >= 0.6 is 15.9 Å². The summed E-state index contributed by atoms with van der Waals surface area (Å²) in [5.41, 5.74) is 6.18. The van der Waals surface area contributed by atoms with Crippen LogP contribution in [0.3, 0.4) is 0 Å². The van der Waals surface area contributed by atoms with Gasteiger partial charge in [-0.15, -0.1) is 0 Å². The summed E-state index contributed by atoms with van der Waals surface area (Å²) in [6, 6.07) is 6.46. The first-order chi connectivity index (χ1) is 7.91. The summed E-state index contributed by atoms with van der Waals surface area (Å²) in [5.74, 6) is -0.379. The normalized spacial score (nSPS) is 12.2. The van der Waals surface area contributed by atoms with Crippen molar-refractivity contribution in [3.8, 4) is 0 Å². The second-order valence-electron chi connectivity index (χ2n) is 4.08. The minimum Gasteiger partial charge on any atom is -0.366 e. The Morgan fingerprint density at radius 3 is 2.18 bits per heavy atom. The molecule has 1 unspecified atom stereocenters. The van der Waals surface area contributed by atoms with E-state index in [1.54, 1.807) is 24.3 Å². The van der Waals surface area contributed by atoms with Gasteiger partial charge in [0.05, 0.1) is 4.83 Å². The zero-order chi connectivity index (χ0) is 13.0. The fourth-order valence-electron chi connectivity index (χ4n) is 1.23. The number of amides is 2. The zero-order valence-electron chi connectivity index (χ0n) is 9.74. The lowest BCUT2D eigenvalue weighted by molar-refractivity contribution is -0.116. The number of benzene rings is 1. The molecule has 0 saturated carbocycles. The lowest BCUT2D eigenvalue weighted by Gasteiger charge is -2.13. The number of anilines is 1. The SMILES string of the molecule is CC(C)C(Br)C(=O)Nc1ccc(C(N)=O)cc1. The summed E-state index contributed by atoms with van der Waals surface area (Å²) in [5, 5.41) is 2.75. The number of rotatable bonds is 4. The summed E-state index contributed by atoms with van der Waals surface area (Å²) in [6.07, 6.45) is 0. The maximum absolute atomic E-state index is 11.7. The van der Waals surface area contributed by atoms with Gasteiger partial charge in [0, 0.05) is 11.3 Å². The van der Waals surface area contributed by atoms with Crippen LogP contribution in [0.2, 0.25) is 0 Å². The highest BCUT2D eigenvalue weighted by atomic mass is 79.9. The molecule has 0 aliphatic carbocycles. The van der Waals surface area contributed by atoms with Crippen LogP contribution in [0.4, 0.5) is 5.69 Å². The number of carbonyl (C=O) groups is 2. The van der Waals surface area contributed by atoms with Gasteiger partial charge in [-0.05, 0) is 30.2 Å². The standard InChI is InChI=1S/C12H15BrN2O2/c1-7(2)10(13)12(17)15-9-5-3-8(4-6-9)11(14)16/h3-7,10H,1-2H3,(H2,14,16)(H,15,17). The first-order valence-electron chi connectivity index (χ1n) is 5.26. The van der Waals surface area contributed by atoms with Crippen molar-refractivity contribution in [2.75, 3.05) is 5.32 Å². The van der Waals surface area contributed by atoms with Gasteiger partial charge in [-0.3, -0.25) is 9.59 Å². The van der Waals surface area contributed by atoms with Crippen LogP contribution in [0.15, 0.2) is 24.3 Å². The topological polar surface area (TPSA) is 72.2 Å². The maximum atomic E-state index is 11.7. The summed E-state index contributed by atoms with van der Waals surface area (Å²) >= 11 is 3.32. The molecule has 5 heteroatoms. The number of nitrogens with two attached hydrogens (primary N) is 1. The summed E-state index contributed by atoms with van der Waals surface area (Å²) in [7, 11) is 0. The molecule has 2 amide bonds. The van der Waals surface area contributed by atoms with E-state index in [-0.39, 0.29) is 16.7 Å². The number of carbonyl (C=O) groups excluding carboxylic acids is 2. The van der Waals surface area contributed by atoms with Gasteiger partial charge in [0.25, 0.3) is 0 Å². The lowest BCUT2D eigenvalue weighted by Crippen LogP contribution is -2.27. The van der Waals surface area contributed by atoms with Crippen LogP contribution < -0.4 is 11.1 Å². The Labute approximate surface area is 109 Å². The highest BCUT2D eigenvalue weighted by Gasteiger charge is 2.18. The third-order valence-electron chi connectivity index (χ3n) is 2.27. The first-order valence-corrected chi connectivity index (χ1v) is 6.18. The molecule has 0 heterocycles. The largest absolute Gasteiger partial charge is 0.366 e. The number of nitrogens with one attached hydrogen (secondary N) is 1. The Balaban J connectivity index is 2.70. The number of halogens is 1. The molecule has 0 bridgehead atoms. The predicted molar refractivity (Wildman–Crippen MR) is 71.1 cm³/mol. The van der Waals surface area contributed by atoms with Crippen molar-refractivity contribution in [3.05, 3.63) is 29.8 Å². The van der Waals surface area contributed by atoms with E-state index in [1.165, 1.54) is 0 Å². The second kappa shape index (κ2) is 5.82. The van der Waals surface area contributed by atoms with Crippen LogP contribution in [0, 0.1) is 5.92 Å². The molecule has 17 heavy (non-hydrogen) atoms. The number of hydrogen-bond donors (Lipinski definition) is 2. The minimum atomic E-state index is -0.483. The van der Waals surface area contributed by atoms with Crippen LogP contribution in [0.1, 0.15) is 24.2 Å². The van der Waals surface area contributed by atoms with E-state index in [0.717, 1.165) is 0 Å². The average molecular weight is 299 g/mol. The van der Waals surface area contributed by atoms with Crippen LogP contribution in [-0.2, 0) is 4.79 Å². The van der Waals surface area contributed by atoms with Crippen LogP contribution in [0.25, 0.3) is 0 Å². The molecular formula is C12H15BrN2O2. The summed E-state index contributed by atoms with van der Waals surface area (Å²) in [4.78, 5) is 22.3. The second-order valence-corrected chi connectivity index (χ2v) is 5.06. The van der Waals surface area contributed by atoms with Gasteiger partial charge in [0.1, 0.15) is 0 Å². The average Bonchev–Trinajstić information content (AvgIpc) is 2.28. The molecule has 1 atom stereocenters. The smallest absolute Gasteiger partial charge is 0.248 e. The Hall–Kier alpha value is -1.36. The Bertz CT molecular complexity index is 415. The summed E-state index contributed by atoms with van der Waals surface area (Å²) < 4.78 is 0. The summed E-state index contributed by atoms with van der Waals surface area (Å²) in [6.45, 7) is 3.91. The molecule has 4 nitrogen and oxygen atoms in total. The quantitative estimate of drug-likeness (QED) is 0.836. The zero-order valence-corrected chi connectivity index (χ0v) is 11.3. The fraction of sp³-hybridized carbons (Fsp3) is 0.333. The van der Waals surface area contributed by atoms with E-state index in [2.05, 4.69) is 21.2 Å². The molecule has 0 spiro atoms. The Morgan fingerprint density at radius 1 is 1.24 bits per heavy atom. The van der Waals surface area contributed by atoms with Crippen molar-refractivity contribution >= 4 is 33.4 Å². The Kier molecular flexibility index (Phi) is 4.69. The van der Waals surface area contributed by atoms with E-state index in [0.29, 0.717) is 11.3 Å². The van der Waals surface area contributed by atoms with Crippen molar-refractivity contribution in [2.24, 2.45) is 11.7 Å². The van der Waals surface area contributed by atoms with Crippen molar-refractivity contribution in [1.82, 2.24) is 0 Å². The van der Waals surface area contributed by atoms with Crippen molar-refractivity contribution in [3.63, 3.8) is 0 Å². The molecule has 0 aromatic heterocycles. The molecule has 0 saturated heterocycles.